The molecule has 4 heteroatoms. The van der Waals surface area contributed by atoms with Crippen LogP contribution in [0.5, 0.6) is 0 Å². The van der Waals surface area contributed by atoms with Gasteiger partial charge in [0.15, 0.2) is 0 Å². The van der Waals surface area contributed by atoms with Crippen LogP contribution < -0.4 is 5.32 Å². The van der Waals surface area contributed by atoms with Crippen LogP contribution in [0.4, 0.5) is 0 Å². The number of nitrogens with one attached hydrogen (secondary N) is 1. The first-order valence-electron chi connectivity index (χ1n) is 10.8. The fourth-order valence-corrected chi connectivity index (χ4v) is 4.35. The van der Waals surface area contributed by atoms with Crippen molar-refractivity contribution in [1.29, 1.82) is 0 Å². The average Bonchev–Trinajstić information content (AvgIpc) is 3.59. The van der Waals surface area contributed by atoms with Crippen molar-refractivity contribution < 1.29 is 4.79 Å². The number of carbonyl (C=O) groups is 1. The number of rotatable bonds is 7. The number of amides is 1. The number of likely N-dealkylation sites (tertiary alicyclic amines) is 1. The standard InChI is InChI=1S/C25H31N3O/c1-19(16-20-8-3-2-4-9-20)17-28-15-7-10-22(18-28)24(23-11-5-6-14-26-23)27-25(29)21-12-13-21/h2-6,8-9,11,14,16,21-22,24H,7,10,12-13,15,17-18H2,1H3,(H,27,29)/b19-16+. The lowest BCUT2D eigenvalue weighted by atomic mass is 9.88. The Labute approximate surface area is 174 Å². The minimum absolute atomic E-state index is 0.00510. The van der Waals surface area contributed by atoms with Crippen molar-refractivity contribution in [2.75, 3.05) is 19.6 Å². The molecule has 2 aliphatic rings. The number of carbonyl (C=O) groups excluding carboxylic acids is 1. The third-order valence-corrected chi connectivity index (χ3v) is 5.95. The van der Waals surface area contributed by atoms with Gasteiger partial charge in [-0.15, -0.1) is 0 Å². The van der Waals surface area contributed by atoms with E-state index < -0.39 is 0 Å². The quantitative estimate of drug-likeness (QED) is 0.760. The highest BCUT2D eigenvalue weighted by Gasteiger charge is 2.35. The van der Waals surface area contributed by atoms with Crippen molar-refractivity contribution in [3.8, 4) is 0 Å². The molecule has 152 valence electrons. The van der Waals surface area contributed by atoms with E-state index in [0.29, 0.717) is 5.92 Å². The number of hydrogen-bond donors (Lipinski definition) is 1. The number of nitrogens with zero attached hydrogens (tertiary/aromatic N) is 2. The largest absolute Gasteiger partial charge is 0.347 e. The third kappa shape index (κ3) is 5.54. The van der Waals surface area contributed by atoms with Crippen LogP contribution in [0.1, 0.15) is 49.9 Å². The van der Waals surface area contributed by atoms with Crippen LogP contribution in [0, 0.1) is 11.8 Å². The third-order valence-electron chi connectivity index (χ3n) is 5.95. The molecular formula is C25H31N3O. The zero-order valence-corrected chi connectivity index (χ0v) is 17.3. The van der Waals surface area contributed by atoms with Gasteiger partial charge in [-0.1, -0.05) is 48.0 Å². The molecule has 1 N–H and O–H groups in total. The summed E-state index contributed by atoms with van der Waals surface area (Å²) >= 11 is 0. The van der Waals surface area contributed by atoms with Crippen LogP contribution in [-0.2, 0) is 4.79 Å². The monoisotopic (exact) mass is 389 g/mol. The van der Waals surface area contributed by atoms with E-state index in [9.17, 15) is 4.79 Å². The molecule has 2 heterocycles. The van der Waals surface area contributed by atoms with E-state index in [1.54, 1.807) is 0 Å². The molecule has 1 aromatic heterocycles. The molecule has 2 unspecified atom stereocenters. The lowest BCUT2D eigenvalue weighted by Crippen LogP contribution is -2.44. The van der Waals surface area contributed by atoms with Crippen LogP contribution in [0.3, 0.4) is 0 Å². The van der Waals surface area contributed by atoms with Gasteiger partial charge < -0.3 is 5.32 Å². The molecule has 1 amide bonds. The summed E-state index contributed by atoms with van der Waals surface area (Å²) in [6, 6.07) is 16.5. The molecule has 4 rings (SSSR count). The Bertz CT molecular complexity index is 830. The molecule has 2 aromatic rings. The number of aromatic nitrogens is 1. The summed E-state index contributed by atoms with van der Waals surface area (Å²) in [5.74, 6) is 0.820. The predicted octanol–water partition coefficient (Wildman–Crippen LogP) is 4.46. The van der Waals surface area contributed by atoms with Gasteiger partial charge in [-0.25, -0.2) is 0 Å². The predicted molar refractivity (Wildman–Crippen MR) is 117 cm³/mol. The molecule has 1 aliphatic heterocycles. The van der Waals surface area contributed by atoms with Crippen LogP contribution in [0.25, 0.3) is 6.08 Å². The summed E-state index contributed by atoms with van der Waals surface area (Å²) in [5, 5.41) is 3.34. The minimum Gasteiger partial charge on any atom is -0.347 e. The summed E-state index contributed by atoms with van der Waals surface area (Å²) in [6.07, 6.45) is 8.45. The molecule has 1 aliphatic carbocycles. The Hall–Kier alpha value is -2.46. The SMILES string of the molecule is C/C(=C\c1ccccc1)CN1CCCC(C(NC(=O)C2CC2)c2ccccn2)C1. The summed E-state index contributed by atoms with van der Waals surface area (Å²) in [6.45, 7) is 5.28. The molecule has 0 spiro atoms. The van der Waals surface area contributed by atoms with E-state index in [2.05, 4.69) is 64.6 Å². The van der Waals surface area contributed by atoms with Gasteiger partial charge in [0.2, 0.25) is 5.91 Å². The highest BCUT2D eigenvalue weighted by molar-refractivity contribution is 5.81. The van der Waals surface area contributed by atoms with Crippen molar-refractivity contribution in [2.24, 2.45) is 11.8 Å². The first-order valence-corrected chi connectivity index (χ1v) is 10.8. The molecule has 1 aromatic carbocycles. The Morgan fingerprint density at radius 1 is 1.17 bits per heavy atom. The van der Waals surface area contributed by atoms with Gasteiger partial charge in [0.25, 0.3) is 0 Å². The molecule has 0 bridgehead atoms. The number of benzene rings is 1. The molecule has 4 nitrogen and oxygen atoms in total. The topological polar surface area (TPSA) is 45.2 Å². The second kappa shape index (κ2) is 9.36. The van der Waals surface area contributed by atoms with Gasteiger partial charge in [0, 0.05) is 25.2 Å². The Morgan fingerprint density at radius 2 is 1.97 bits per heavy atom. The van der Waals surface area contributed by atoms with Gasteiger partial charge in [-0.3, -0.25) is 14.7 Å². The van der Waals surface area contributed by atoms with Gasteiger partial charge in [0.05, 0.1) is 11.7 Å². The van der Waals surface area contributed by atoms with Crippen LogP contribution in [-0.4, -0.2) is 35.4 Å². The van der Waals surface area contributed by atoms with E-state index in [1.807, 2.05) is 18.3 Å². The maximum atomic E-state index is 12.5. The highest BCUT2D eigenvalue weighted by Crippen LogP contribution is 2.33. The second-order valence-electron chi connectivity index (χ2n) is 8.55. The fourth-order valence-electron chi connectivity index (χ4n) is 4.35. The molecule has 1 saturated carbocycles. The van der Waals surface area contributed by atoms with E-state index >= 15 is 0 Å². The van der Waals surface area contributed by atoms with Crippen molar-refractivity contribution >= 4 is 12.0 Å². The van der Waals surface area contributed by atoms with Crippen molar-refractivity contribution in [3.63, 3.8) is 0 Å². The van der Waals surface area contributed by atoms with Gasteiger partial charge in [-0.2, -0.15) is 0 Å². The minimum atomic E-state index is 0.00510. The molecule has 1 saturated heterocycles. The van der Waals surface area contributed by atoms with E-state index in [-0.39, 0.29) is 17.9 Å². The van der Waals surface area contributed by atoms with E-state index in [0.717, 1.165) is 51.0 Å². The summed E-state index contributed by atoms with van der Waals surface area (Å²) < 4.78 is 0. The second-order valence-corrected chi connectivity index (χ2v) is 8.55. The van der Waals surface area contributed by atoms with Gasteiger partial charge in [0.1, 0.15) is 0 Å². The Kier molecular flexibility index (Phi) is 6.40. The summed E-state index contributed by atoms with van der Waals surface area (Å²) in [5.41, 5.74) is 3.61. The number of hydrogen-bond acceptors (Lipinski definition) is 3. The molecule has 2 fully saturated rings. The first-order chi connectivity index (χ1) is 14.2. The molecule has 29 heavy (non-hydrogen) atoms. The van der Waals surface area contributed by atoms with Crippen molar-refractivity contribution in [1.82, 2.24) is 15.2 Å². The lowest BCUT2D eigenvalue weighted by molar-refractivity contribution is -0.123. The number of piperidine rings is 1. The molecule has 0 radical (unpaired) electrons. The van der Waals surface area contributed by atoms with Crippen LogP contribution in [0.2, 0.25) is 0 Å². The summed E-state index contributed by atoms with van der Waals surface area (Å²) in [7, 11) is 0. The van der Waals surface area contributed by atoms with Crippen LogP contribution >= 0.6 is 0 Å². The van der Waals surface area contributed by atoms with Crippen LogP contribution in [0.15, 0.2) is 60.3 Å². The Balaban J connectivity index is 1.44. The zero-order chi connectivity index (χ0) is 20.1. The lowest BCUT2D eigenvalue weighted by Gasteiger charge is -2.37. The van der Waals surface area contributed by atoms with E-state index in [4.69, 9.17) is 0 Å². The van der Waals surface area contributed by atoms with Gasteiger partial charge >= 0.3 is 0 Å². The number of pyridine rings is 1. The smallest absolute Gasteiger partial charge is 0.223 e. The van der Waals surface area contributed by atoms with Crippen molar-refractivity contribution in [2.45, 2.75) is 38.6 Å². The average molecular weight is 390 g/mol. The fraction of sp³-hybridized carbons (Fsp3) is 0.440. The maximum absolute atomic E-state index is 12.5. The first kappa shape index (κ1) is 19.8. The van der Waals surface area contributed by atoms with Gasteiger partial charge in [-0.05, 0) is 62.8 Å². The Morgan fingerprint density at radius 3 is 2.69 bits per heavy atom. The maximum Gasteiger partial charge on any atom is 0.223 e. The zero-order valence-electron chi connectivity index (χ0n) is 17.3. The normalized spacial score (nSPS) is 21.6. The van der Waals surface area contributed by atoms with E-state index in [1.165, 1.54) is 11.1 Å². The van der Waals surface area contributed by atoms with Crippen molar-refractivity contribution in [3.05, 3.63) is 71.6 Å². The molecule has 2 atom stereocenters. The molecular weight excluding hydrogens is 358 g/mol. The summed E-state index contributed by atoms with van der Waals surface area (Å²) in [4.78, 5) is 19.6. The highest BCUT2D eigenvalue weighted by atomic mass is 16.2.